The Morgan fingerprint density at radius 2 is 1.30 bits per heavy atom. The molecule has 3 rings (SSSR count). The molecule has 182 valence electrons. The first-order valence-corrected chi connectivity index (χ1v) is 11.9. The molecule has 7 nitrogen and oxygen atoms in total. The molecule has 1 aliphatic rings. The van der Waals surface area contributed by atoms with Gasteiger partial charge < -0.3 is 25.0 Å². The van der Waals surface area contributed by atoms with Crippen LogP contribution in [0.4, 0.5) is 0 Å². The van der Waals surface area contributed by atoms with E-state index in [9.17, 15) is 10.2 Å². The van der Waals surface area contributed by atoms with Gasteiger partial charge in [-0.3, -0.25) is 9.80 Å². The monoisotopic (exact) mass is 457 g/mol. The topological polar surface area (TPSA) is 77.4 Å². The van der Waals surface area contributed by atoms with Crippen LogP contribution >= 0.6 is 0 Å². The van der Waals surface area contributed by atoms with Crippen LogP contribution in [0.15, 0.2) is 48.5 Å². The minimum absolute atomic E-state index is 0.284. The van der Waals surface area contributed by atoms with E-state index in [1.54, 1.807) is 0 Å². The van der Waals surface area contributed by atoms with Crippen LogP contribution in [0.25, 0.3) is 0 Å². The highest BCUT2D eigenvalue weighted by Crippen LogP contribution is 2.17. The fourth-order valence-corrected chi connectivity index (χ4v) is 3.92. The zero-order valence-corrected chi connectivity index (χ0v) is 19.9. The van der Waals surface area contributed by atoms with Crippen molar-refractivity contribution in [2.24, 2.45) is 0 Å². The van der Waals surface area contributed by atoms with Gasteiger partial charge in [0.2, 0.25) is 0 Å². The Balaban J connectivity index is 1.22. The fraction of sp³-hybridized carbons (Fsp3) is 0.538. The highest BCUT2D eigenvalue weighted by Gasteiger charge is 2.19. The van der Waals surface area contributed by atoms with Gasteiger partial charge in [-0.15, -0.1) is 0 Å². The maximum absolute atomic E-state index is 10.4. The Labute approximate surface area is 197 Å². The van der Waals surface area contributed by atoms with E-state index in [1.165, 1.54) is 0 Å². The number of β-amino-alcohol motifs (C(OH)–C–C–N with tert-alkyl or cyclic N) is 1. The molecule has 2 aromatic carbocycles. The molecule has 0 spiro atoms. The molecule has 0 saturated carbocycles. The molecule has 0 aromatic heterocycles. The van der Waals surface area contributed by atoms with Crippen LogP contribution in [0.2, 0.25) is 0 Å². The standard InChI is InChI=1S/C26H39N3O4/c1-21-7-3-5-9-25(21)32-19-23(30)17-27-11-12-28-13-15-29(16-14-28)18-24(31)20-33-26-10-6-4-8-22(26)2/h3-10,23-24,27,30-31H,11-20H2,1-2H3/t23-,24-/m1/s1. The minimum Gasteiger partial charge on any atom is -0.491 e. The molecule has 7 heteroatoms. The summed E-state index contributed by atoms with van der Waals surface area (Å²) in [5.74, 6) is 1.65. The van der Waals surface area contributed by atoms with E-state index in [0.29, 0.717) is 19.7 Å². The molecular weight excluding hydrogens is 418 g/mol. The van der Waals surface area contributed by atoms with Crippen LogP contribution in [0.3, 0.4) is 0 Å². The van der Waals surface area contributed by atoms with Crippen molar-refractivity contribution in [1.29, 1.82) is 0 Å². The summed E-state index contributed by atoms with van der Waals surface area (Å²) < 4.78 is 11.5. The number of ether oxygens (including phenoxy) is 2. The van der Waals surface area contributed by atoms with Crippen molar-refractivity contribution in [2.75, 3.05) is 65.6 Å². The van der Waals surface area contributed by atoms with Gasteiger partial charge in [0, 0.05) is 52.4 Å². The molecule has 1 aliphatic heterocycles. The number of hydrogen-bond acceptors (Lipinski definition) is 7. The lowest BCUT2D eigenvalue weighted by atomic mass is 10.2. The van der Waals surface area contributed by atoms with Crippen LogP contribution < -0.4 is 14.8 Å². The molecule has 2 aromatic rings. The van der Waals surface area contributed by atoms with Gasteiger partial charge in [-0.2, -0.15) is 0 Å². The van der Waals surface area contributed by atoms with Gasteiger partial charge in [0.05, 0.1) is 0 Å². The second-order valence-electron chi connectivity index (χ2n) is 8.81. The van der Waals surface area contributed by atoms with Gasteiger partial charge >= 0.3 is 0 Å². The Morgan fingerprint density at radius 3 is 1.88 bits per heavy atom. The second-order valence-corrected chi connectivity index (χ2v) is 8.81. The third kappa shape index (κ3) is 8.95. The van der Waals surface area contributed by atoms with Crippen molar-refractivity contribution in [3.8, 4) is 11.5 Å². The fourth-order valence-electron chi connectivity index (χ4n) is 3.92. The number of nitrogens with one attached hydrogen (secondary N) is 1. The number of rotatable bonds is 13. The van der Waals surface area contributed by atoms with Gasteiger partial charge in [-0.1, -0.05) is 36.4 Å². The zero-order chi connectivity index (χ0) is 23.5. The number of aliphatic hydroxyl groups is 2. The van der Waals surface area contributed by atoms with Crippen molar-refractivity contribution >= 4 is 0 Å². The first-order valence-electron chi connectivity index (χ1n) is 11.9. The molecule has 1 fully saturated rings. The number of aliphatic hydroxyl groups excluding tert-OH is 2. The van der Waals surface area contributed by atoms with Gasteiger partial charge in [0.15, 0.2) is 0 Å². The van der Waals surface area contributed by atoms with E-state index in [0.717, 1.165) is 61.9 Å². The van der Waals surface area contributed by atoms with Crippen molar-refractivity contribution in [3.63, 3.8) is 0 Å². The van der Waals surface area contributed by atoms with Crippen molar-refractivity contribution < 1.29 is 19.7 Å². The predicted octanol–water partition coefficient (Wildman–Crippen LogP) is 1.69. The molecule has 1 heterocycles. The molecule has 3 N–H and O–H groups in total. The van der Waals surface area contributed by atoms with Crippen LogP contribution in [0.1, 0.15) is 11.1 Å². The molecule has 0 unspecified atom stereocenters. The lowest BCUT2D eigenvalue weighted by Crippen LogP contribution is -2.50. The average molecular weight is 458 g/mol. The quantitative estimate of drug-likeness (QED) is 0.395. The smallest absolute Gasteiger partial charge is 0.122 e. The summed E-state index contributed by atoms with van der Waals surface area (Å²) in [5, 5.41) is 23.8. The normalized spacial score (nSPS) is 17.0. The van der Waals surface area contributed by atoms with Gasteiger partial charge in [-0.05, 0) is 37.1 Å². The summed E-state index contributed by atoms with van der Waals surface area (Å²) in [6.07, 6.45) is -1.04. The van der Waals surface area contributed by atoms with E-state index in [2.05, 4.69) is 15.1 Å². The van der Waals surface area contributed by atoms with E-state index in [4.69, 9.17) is 9.47 Å². The second kappa shape index (κ2) is 13.5. The van der Waals surface area contributed by atoms with Gasteiger partial charge in [-0.25, -0.2) is 0 Å². The van der Waals surface area contributed by atoms with Crippen molar-refractivity contribution in [2.45, 2.75) is 26.1 Å². The summed E-state index contributed by atoms with van der Waals surface area (Å²) in [6, 6.07) is 15.7. The summed E-state index contributed by atoms with van der Waals surface area (Å²) in [6.45, 7) is 11.4. The third-order valence-corrected chi connectivity index (χ3v) is 5.97. The number of para-hydroxylation sites is 2. The number of nitrogens with zero attached hydrogens (tertiary/aromatic N) is 2. The number of benzene rings is 2. The summed E-state index contributed by atoms with van der Waals surface area (Å²) in [5.41, 5.74) is 2.15. The first kappa shape index (κ1) is 25.5. The SMILES string of the molecule is Cc1ccccc1OC[C@H](O)CNCCN1CCN(C[C@@H](O)COc2ccccc2C)CC1. The molecule has 0 bridgehead atoms. The highest BCUT2D eigenvalue weighted by atomic mass is 16.5. The van der Waals surface area contributed by atoms with Gasteiger partial charge in [0.1, 0.15) is 36.9 Å². The summed E-state index contributed by atoms with van der Waals surface area (Å²) >= 11 is 0. The van der Waals surface area contributed by atoms with E-state index < -0.39 is 12.2 Å². The number of aryl methyl sites for hydroxylation is 2. The van der Waals surface area contributed by atoms with Crippen LogP contribution in [0.5, 0.6) is 11.5 Å². The first-order chi connectivity index (χ1) is 16.0. The zero-order valence-electron chi connectivity index (χ0n) is 19.9. The maximum atomic E-state index is 10.4. The predicted molar refractivity (Wildman–Crippen MR) is 131 cm³/mol. The lowest BCUT2D eigenvalue weighted by molar-refractivity contribution is 0.0458. The van der Waals surface area contributed by atoms with E-state index in [-0.39, 0.29) is 6.61 Å². The number of hydrogen-bond donors (Lipinski definition) is 3. The van der Waals surface area contributed by atoms with Crippen LogP contribution in [-0.4, -0.2) is 97.8 Å². The Hall–Kier alpha value is -2.16. The van der Waals surface area contributed by atoms with Gasteiger partial charge in [0.25, 0.3) is 0 Å². The molecule has 0 radical (unpaired) electrons. The van der Waals surface area contributed by atoms with E-state index in [1.807, 2.05) is 62.4 Å². The average Bonchev–Trinajstić information content (AvgIpc) is 2.82. The maximum Gasteiger partial charge on any atom is 0.122 e. The largest absolute Gasteiger partial charge is 0.491 e. The van der Waals surface area contributed by atoms with E-state index >= 15 is 0 Å². The highest BCUT2D eigenvalue weighted by molar-refractivity contribution is 5.32. The Morgan fingerprint density at radius 1 is 0.788 bits per heavy atom. The molecule has 1 saturated heterocycles. The lowest BCUT2D eigenvalue weighted by Gasteiger charge is -2.35. The summed E-state index contributed by atoms with van der Waals surface area (Å²) in [7, 11) is 0. The van der Waals surface area contributed by atoms with Crippen molar-refractivity contribution in [3.05, 3.63) is 59.7 Å². The molecular formula is C26H39N3O4. The minimum atomic E-state index is -0.537. The number of piperazine rings is 1. The van der Waals surface area contributed by atoms with Crippen molar-refractivity contribution in [1.82, 2.24) is 15.1 Å². The summed E-state index contributed by atoms with van der Waals surface area (Å²) in [4.78, 5) is 4.71. The molecule has 33 heavy (non-hydrogen) atoms. The Kier molecular flexibility index (Phi) is 10.4. The molecule has 0 amide bonds. The van der Waals surface area contributed by atoms with Crippen LogP contribution in [0, 0.1) is 13.8 Å². The molecule has 2 atom stereocenters. The third-order valence-electron chi connectivity index (χ3n) is 5.97. The van der Waals surface area contributed by atoms with Crippen LogP contribution in [-0.2, 0) is 0 Å². The molecule has 0 aliphatic carbocycles. The Bertz CT molecular complexity index is 824.